The Morgan fingerprint density at radius 2 is 1.09 bits per heavy atom. The minimum Gasteiger partial charge on any atom is -0.454 e. The quantitative estimate of drug-likeness (QED) is 0.192. The van der Waals surface area contributed by atoms with Crippen LogP contribution < -0.4 is 0 Å². The lowest BCUT2D eigenvalue weighted by Crippen LogP contribution is -2.00. The third-order valence-electron chi connectivity index (χ3n) is 8.09. The number of aromatic nitrogens is 7. The third kappa shape index (κ3) is 4.85. The van der Waals surface area contributed by atoms with Crippen molar-refractivity contribution >= 4 is 32.8 Å². The number of para-hydroxylation sites is 1. The van der Waals surface area contributed by atoms with Crippen molar-refractivity contribution in [1.82, 2.24) is 34.9 Å². The van der Waals surface area contributed by atoms with Crippen molar-refractivity contribution in [3.8, 4) is 56.9 Å². The standard InChI is InChI=1S/C39H23N7O/c1-3-9-25(10-4-1)36-44-37(26-11-5-2-6-12-26)46-38(45-36)27-17-15-24(16-18-27)34-35-29(30-23-40-20-19-33(30)47-35)21-32(42-34)39-41-22-28-13-7-8-14-31(28)43-39/h1-23H. The average molecular weight is 606 g/mol. The van der Waals surface area contributed by atoms with Crippen molar-refractivity contribution < 1.29 is 4.42 Å². The maximum absolute atomic E-state index is 6.37. The van der Waals surface area contributed by atoms with Gasteiger partial charge in [0.05, 0.1) is 5.52 Å². The number of nitrogens with zero attached hydrogens (tertiary/aromatic N) is 7. The van der Waals surface area contributed by atoms with Crippen molar-refractivity contribution in [3.63, 3.8) is 0 Å². The van der Waals surface area contributed by atoms with Crippen LogP contribution in [0, 0.1) is 0 Å². The molecule has 8 nitrogen and oxygen atoms in total. The molecule has 0 aliphatic rings. The van der Waals surface area contributed by atoms with Crippen LogP contribution in [0.1, 0.15) is 0 Å². The van der Waals surface area contributed by atoms with Gasteiger partial charge in [-0.25, -0.2) is 29.9 Å². The molecule has 9 rings (SSSR count). The second-order valence-corrected chi connectivity index (χ2v) is 11.1. The van der Waals surface area contributed by atoms with Gasteiger partial charge in [0.1, 0.15) is 17.0 Å². The molecule has 0 N–H and O–H groups in total. The Bertz CT molecular complexity index is 2510. The highest BCUT2D eigenvalue weighted by Crippen LogP contribution is 2.37. The van der Waals surface area contributed by atoms with Gasteiger partial charge < -0.3 is 4.42 Å². The van der Waals surface area contributed by atoms with E-state index in [0.29, 0.717) is 40.3 Å². The molecule has 0 spiro atoms. The average Bonchev–Trinajstić information content (AvgIpc) is 3.53. The van der Waals surface area contributed by atoms with Gasteiger partial charge in [0.25, 0.3) is 0 Å². The summed E-state index contributed by atoms with van der Waals surface area (Å²) in [5.74, 6) is 2.34. The number of benzene rings is 4. The summed E-state index contributed by atoms with van der Waals surface area (Å²) in [5.41, 5.74) is 7.15. The van der Waals surface area contributed by atoms with Crippen molar-refractivity contribution in [2.45, 2.75) is 0 Å². The first-order valence-electron chi connectivity index (χ1n) is 15.1. The highest BCUT2D eigenvalue weighted by Gasteiger charge is 2.19. The molecule has 0 unspecified atom stereocenters. The fourth-order valence-electron chi connectivity index (χ4n) is 5.74. The fourth-order valence-corrected chi connectivity index (χ4v) is 5.74. The van der Waals surface area contributed by atoms with Crippen LogP contribution in [0.25, 0.3) is 89.8 Å². The molecule has 0 saturated carbocycles. The SMILES string of the molecule is c1ccc(-c2nc(-c3ccccc3)nc(-c3ccc(-c4nc(-c5ncc6ccccc6n5)cc5c4oc4ccncc45)cc3)n2)cc1. The van der Waals surface area contributed by atoms with E-state index >= 15 is 0 Å². The van der Waals surface area contributed by atoms with E-state index in [0.717, 1.165) is 49.5 Å². The molecule has 0 fully saturated rings. The number of pyridine rings is 2. The van der Waals surface area contributed by atoms with E-state index in [9.17, 15) is 0 Å². The predicted octanol–water partition coefficient (Wildman–Crippen LogP) is 8.84. The highest BCUT2D eigenvalue weighted by molar-refractivity contribution is 6.09. The smallest absolute Gasteiger partial charge is 0.178 e. The van der Waals surface area contributed by atoms with E-state index in [1.165, 1.54) is 0 Å². The first kappa shape index (κ1) is 26.7. The van der Waals surface area contributed by atoms with Crippen molar-refractivity contribution in [2.75, 3.05) is 0 Å². The zero-order valence-electron chi connectivity index (χ0n) is 24.8. The molecule has 0 aliphatic carbocycles. The second-order valence-electron chi connectivity index (χ2n) is 11.1. The summed E-state index contributed by atoms with van der Waals surface area (Å²) in [5, 5.41) is 2.76. The van der Waals surface area contributed by atoms with Gasteiger partial charge in [-0.3, -0.25) is 4.98 Å². The Kier molecular flexibility index (Phi) is 6.28. The molecule has 4 aromatic carbocycles. The Morgan fingerprint density at radius 3 is 1.79 bits per heavy atom. The van der Waals surface area contributed by atoms with Crippen molar-refractivity contribution in [1.29, 1.82) is 0 Å². The summed E-state index contributed by atoms with van der Waals surface area (Å²) in [6.07, 6.45) is 5.37. The zero-order chi connectivity index (χ0) is 31.2. The molecule has 5 aromatic heterocycles. The molecule has 8 heteroatoms. The van der Waals surface area contributed by atoms with E-state index in [4.69, 9.17) is 29.3 Å². The minimum atomic E-state index is 0.536. The van der Waals surface area contributed by atoms with Gasteiger partial charge in [-0.05, 0) is 18.2 Å². The first-order chi connectivity index (χ1) is 23.3. The molecule has 47 heavy (non-hydrogen) atoms. The minimum absolute atomic E-state index is 0.536. The summed E-state index contributed by atoms with van der Waals surface area (Å²) in [7, 11) is 0. The van der Waals surface area contributed by atoms with Crippen LogP contribution in [0.5, 0.6) is 0 Å². The monoisotopic (exact) mass is 605 g/mol. The molecular weight excluding hydrogens is 582 g/mol. The first-order valence-corrected chi connectivity index (χ1v) is 15.1. The summed E-state index contributed by atoms with van der Waals surface area (Å²) >= 11 is 0. The van der Waals surface area contributed by atoms with Crippen LogP contribution in [0.2, 0.25) is 0 Å². The molecule has 0 aliphatic heterocycles. The normalized spacial score (nSPS) is 11.4. The van der Waals surface area contributed by atoms with E-state index in [-0.39, 0.29) is 0 Å². The van der Waals surface area contributed by atoms with Crippen LogP contribution in [-0.4, -0.2) is 34.9 Å². The molecule has 0 radical (unpaired) electrons. The number of furan rings is 1. The second kappa shape index (κ2) is 11.0. The maximum Gasteiger partial charge on any atom is 0.178 e. The number of hydrogen-bond acceptors (Lipinski definition) is 8. The van der Waals surface area contributed by atoms with Crippen molar-refractivity contribution in [2.24, 2.45) is 0 Å². The predicted molar refractivity (Wildman–Crippen MR) is 183 cm³/mol. The molecule has 0 bridgehead atoms. The lowest BCUT2D eigenvalue weighted by molar-refractivity contribution is 0.668. The summed E-state index contributed by atoms with van der Waals surface area (Å²) in [4.78, 5) is 33.5. The van der Waals surface area contributed by atoms with E-state index in [1.807, 2.05) is 134 Å². The topological polar surface area (TPSA) is 103 Å². The Morgan fingerprint density at radius 1 is 0.468 bits per heavy atom. The van der Waals surface area contributed by atoms with Gasteiger partial charge in [0.2, 0.25) is 0 Å². The van der Waals surface area contributed by atoms with Gasteiger partial charge in [-0.2, -0.15) is 0 Å². The van der Waals surface area contributed by atoms with Gasteiger partial charge >= 0.3 is 0 Å². The fraction of sp³-hybridized carbons (Fsp3) is 0. The van der Waals surface area contributed by atoms with Crippen LogP contribution >= 0.6 is 0 Å². The van der Waals surface area contributed by atoms with Crippen LogP contribution in [0.15, 0.2) is 144 Å². The summed E-state index contributed by atoms with van der Waals surface area (Å²) in [6.45, 7) is 0. The van der Waals surface area contributed by atoms with Crippen LogP contribution in [0.3, 0.4) is 0 Å². The van der Waals surface area contributed by atoms with Gasteiger partial charge in [0.15, 0.2) is 28.9 Å². The lowest BCUT2D eigenvalue weighted by atomic mass is 10.0. The Hall–Kier alpha value is -6.67. The molecule has 220 valence electrons. The molecule has 0 atom stereocenters. The molecular formula is C39H23N7O. The molecule has 9 aromatic rings. The molecule has 0 amide bonds. The number of fused-ring (bicyclic) bond motifs is 4. The number of hydrogen-bond donors (Lipinski definition) is 0. The highest BCUT2D eigenvalue weighted by atomic mass is 16.3. The summed E-state index contributed by atoms with van der Waals surface area (Å²) in [6, 6.07) is 39.7. The van der Waals surface area contributed by atoms with Gasteiger partial charge in [0, 0.05) is 57.0 Å². The van der Waals surface area contributed by atoms with Gasteiger partial charge in [-0.1, -0.05) is 103 Å². The number of rotatable bonds is 5. The third-order valence-corrected chi connectivity index (χ3v) is 8.09. The molecule has 0 saturated heterocycles. The zero-order valence-corrected chi connectivity index (χ0v) is 24.8. The maximum atomic E-state index is 6.37. The van der Waals surface area contributed by atoms with E-state index < -0.39 is 0 Å². The Labute approximate surface area is 268 Å². The Balaban J connectivity index is 1.19. The van der Waals surface area contributed by atoms with E-state index in [1.54, 1.807) is 6.20 Å². The van der Waals surface area contributed by atoms with Crippen LogP contribution in [0.4, 0.5) is 0 Å². The molecule has 5 heterocycles. The van der Waals surface area contributed by atoms with Crippen LogP contribution in [-0.2, 0) is 0 Å². The van der Waals surface area contributed by atoms with Crippen molar-refractivity contribution in [3.05, 3.63) is 140 Å². The van der Waals surface area contributed by atoms with Gasteiger partial charge in [-0.15, -0.1) is 0 Å². The largest absolute Gasteiger partial charge is 0.454 e. The summed E-state index contributed by atoms with van der Waals surface area (Å²) < 4.78 is 6.37. The van der Waals surface area contributed by atoms with E-state index in [2.05, 4.69) is 9.97 Å². The lowest BCUT2D eigenvalue weighted by Gasteiger charge is -2.10.